The average molecular weight is 524 g/mol. The molecule has 3 heterocycles. The molecule has 2 aromatic rings. The summed E-state index contributed by atoms with van der Waals surface area (Å²) in [7, 11) is -4.14. The molecule has 1 fully saturated rings. The zero-order valence-electron chi connectivity index (χ0n) is 20.8. The normalized spacial score (nSPS) is 20.1. The van der Waals surface area contributed by atoms with E-state index in [1.807, 2.05) is 13.8 Å². The number of β-amino-alcohol motifs (C(OH)–C–C–N with tert-alkyl or cyclic N) is 1. The molecule has 3 rings (SSSR count). The van der Waals surface area contributed by atoms with E-state index in [9.17, 15) is 28.3 Å². The summed E-state index contributed by atoms with van der Waals surface area (Å²) in [6, 6.07) is 2.46. The van der Waals surface area contributed by atoms with E-state index < -0.39 is 45.1 Å². The molecule has 1 aliphatic heterocycles. The maximum atomic E-state index is 13.2. The van der Waals surface area contributed by atoms with Crippen LogP contribution >= 0.6 is 0 Å². The minimum atomic E-state index is -4.14. The van der Waals surface area contributed by atoms with E-state index in [1.165, 1.54) is 18.2 Å². The van der Waals surface area contributed by atoms with Crippen molar-refractivity contribution >= 4 is 21.8 Å². The summed E-state index contributed by atoms with van der Waals surface area (Å²) >= 11 is 0. The molecule has 1 aliphatic rings. The number of hydrogen-bond acceptors (Lipinski definition) is 8. The van der Waals surface area contributed by atoms with Crippen molar-refractivity contribution in [2.75, 3.05) is 13.1 Å². The van der Waals surface area contributed by atoms with Gasteiger partial charge in [0, 0.05) is 25.2 Å². The number of hydrogen-bond donors (Lipinski definition) is 3. The Hall–Kier alpha value is -3.03. The van der Waals surface area contributed by atoms with Gasteiger partial charge in [0.05, 0.1) is 17.8 Å². The smallest absolute Gasteiger partial charge is 0.323 e. The first kappa shape index (κ1) is 27.6. The Labute approximate surface area is 210 Å². The van der Waals surface area contributed by atoms with Crippen molar-refractivity contribution in [3.63, 3.8) is 0 Å². The molecular formula is C23H33N5O7S. The van der Waals surface area contributed by atoms with Gasteiger partial charge in [0.2, 0.25) is 5.91 Å². The number of carbonyl (C=O) groups excluding carboxylic acids is 2. The van der Waals surface area contributed by atoms with Crippen LogP contribution in [-0.2, 0) is 14.8 Å². The average Bonchev–Trinajstić information content (AvgIpc) is 3.02. The monoisotopic (exact) mass is 523 g/mol. The predicted octanol–water partition coefficient (Wildman–Crippen LogP) is 0.400. The van der Waals surface area contributed by atoms with E-state index in [4.69, 9.17) is 4.52 Å². The SMILES string of the molecule is Cc1noc(C)c1C(=O)NC(CC(C)C)C(=O)NC1CCCN(S(=O)(=O)c2cccc[n+]2[O-])C[C@@H]1O. The Kier molecular flexibility index (Phi) is 8.69. The van der Waals surface area contributed by atoms with Gasteiger partial charge in [-0.2, -0.15) is 9.04 Å². The molecule has 1 saturated heterocycles. The third-order valence-electron chi connectivity index (χ3n) is 6.09. The minimum Gasteiger partial charge on any atom is -0.618 e. The number of sulfonamides is 1. The topological polar surface area (TPSA) is 169 Å². The molecule has 3 N–H and O–H groups in total. The Bertz CT molecular complexity index is 1180. The van der Waals surface area contributed by atoms with Gasteiger partial charge in [-0.25, -0.2) is 8.42 Å². The number of pyridine rings is 1. The molecule has 36 heavy (non-hydrogen) atoms. The fourth-order valence-electron chi connectivity index (χ4n) is 4.26. The van der Waals surface area contributed by atoms with Gasteiger partial charge in [-0.1, -0.05) is 19.0 Å². The number of aryl methyl sites for hydroxylation is 2. The van der Waals surface area contributed by atoms with Crippen LogP contribution in [0.15, 0.2) is 33.9 Å². The third-order valence-corrected chi connectivity index (χ3v) is 7.94. The summed E-state index contributed by atoms with van der Waals surface area (Å²) in [5.41, 5.74) is 0.676. The number of nitrogens with zero attached hydrogens (tertiary/aromatic N) is 3. The predicted molar refractivity (Wildman–Crippen MR) is 128 cm³/mol. The number of amides is 2. The molecule has 2 amide bonds. The standard InChI is InChI=1S/C23H33N5O7S/c1-14(2)12-18(25-23(31)21-15(3)26-35-16(21)4)22(30)24-17-8-7-10-27(13-19(17)29)36(33,34)20-9-5-6-11-28(20)32/h5-6,9,11,14,17-19,29H,7-8,10,12-13H2,1-4H3,(H,24,30)(H,25,31)/t17?,18?,19-/m0/s1. The highest BCUT2D eigenvalue weighted by atomic mass is 32.2. The Morgan fingerprint density at radius 3 is 2.67 bits per heavy atom. The Morgan fingerprint density at radius 2 is 2.06 bits per heavy atom. The number of aromatic nitrogens is 2. The third kappa shape index (κ3) is 6.20. The molecule has 0 aromatic carbocycles. The van der Waals surface area contributed by atoms with E-state index in [0.717, 1.165) is 10.5 Å². The highest BCUT2D eigenvalue weighted by molar-refractivity contribution is 7.88. The van der Waals surface area contributed by atoms with Crippen LogP contribution in [0.5, 0.6) is 0 Å². The van der Waals surface area contributed by atoms with Gasteiger partial charge in [-0.15, -0.1) is 0 Å². The van der Waals surface area contributed by atoms with Crippen LogP contribution < -0.4 is 15.4 Å². The van der Waals surface area contributed by atoms with Crippen LogP contribution in [0.1, 0.15) is 54.9 Å². The van der Waals surface area contributed by atoms with Crippen molar-refractivity contribution in [1.82, 2.24) is 20.1 Å². The van der Waals surface area contributed by atoms with E-state index in [-0.39, 0.29) is 29.3 Å². The lowest BCUT2D eigenvalue weighted by Gasteiger charge is -2.27. The van der Waals surface area contributed by atoms with Gasteiger partial charge in [0.15, 0.2) is 6.20 Å². The highest BCUT2D eigenvalue weighted by Gasteiger charge is 2.37. The van der Waals surface area contributed by atoms with E-state index in [0.29, 0.717) is 30.7 Å². The Morgan fingerprint density at radius 1 is 1.33 bits per heavy atom. The summed E-state index contributed by atoms with van der Waals surface area (Å²) in [6.07, 6.45) is 0.898. The summed E-state index contributed by atoms with van der Waals surface area (Å²) in [4.78, 5) is 26.0. The van der Waals surface area contributed by atoms with Crippen molar-refractivity contribution in [3.05, 3.63) is 46.6 Å². The fourth-order valence-corrected chi connectivity index (χ4v) is 5.78. The maximum absolute atomic E-state index is 13.2. The zero-order valence-corrected chi connectivity index (χ0v) is 21.6. The van der Waals surface area contributed by atoms with Gasteiger partial charge < -0.3 is 25.5 Å². The number of carbonyl (C=O) groups is 2. The molecular weight excluding hydrogens is 490 g/mol. The van der Waals surface area contributed by atoms with E-state index in [1.54, 1.807) is 13.8 Å². The molecule has 0 bridgehead atoms. The first-order valence-electron chi connectivity index (χ1n) is 11.8. The Balaban J connectivity index is 1.71. The second-order valence-corrected chi connectivity index (χ2v) is 11.3. The fraction of sp³-hybridized carbons (Fsp3) is 0.565. The minimum absolute atomic E-state index is 0.0788. The van der Waals surface area contributed by atoms with Crippen molar-refractivity contribution in [2.24, 2.45) is 5.92 Å². The molecule has 0 spiro atoms. The van der Waals surface area contributed by atoms with Crippen LogP contribution in [0.2, 0.25) is 0 Å². The lowest BCUT2D eigenvalue weighted by atomic mass is 10.0. The molecule has 0 saturated carbocycles. The van der Waals surface area contributed by atoms with Crippen LogP contribution in [-0.4, -0.2) is 66.1 Å². The van der Waals surface area contributed by atoms with Crippen molar-refractivity contribution < 1.29 is 32.4 Å². The highest BCUT2D eigenvalue weighted by Crippen LogP contribution is 2.20. The lowest BCUT2D eigenvalue weighted by Crippen LogP contribution is -2.54. The van der Waals surface area contributed by atoms with Crippen molar-refractivity contribution in [1.29, 1.82) is 0 Å². The maximum Gasteiger partial charge on any atom is 0.323 e. The first-order chi connectivity index (χ1) is 16.9. The zero-order chi connectivity index (χ0) is 26.6. The number of aliphatic hydroxyl groups excluding tert-OH is 1. The van der Waals surface area contributed by atoms with Crippen molar-refractivity contribution in [3.8, 4) is 0 Å². The van der Waals surface area contributed by atoms with Gasteiger partial charge in [0.1, 0.15) is 17.4 Å². The molecule has 2 unspecified atom stereocenters. The second-order valence-electron chi connectivity index (χ2n) is 9.41. The van der Waals surface area contributed by atoms with Gasteiger partial charge in [-0.3, -0.25) is 9.59 Å². The van der Waals surface area contributed by atoms with Crippen LogP contribution in [0.25, 0.3) is 0 Å². The van der Waals surface area contributed by atoms with Crippen LogP contribution in [0, 0.1) is 25.0 Å². The summed E-state index contributed by atoms with van der Waals surface area (Å²) in [5, 5.41) is 31.7. The van der Waals surface area contributed by atoms with Gasteiger partial charge in [0.25, 0.3) is 5.91 Å². The van der Waals surface area contributed by atoms with Crippen LogP contribution in [0.3, 0.4) is 0 Å². The first-order valence-corrected chi connectivity index (χ1v) is 13.3. The summed E-state index contributed by atoms with van der Waals surface area (Å²) in [5.74, 6) is -0.550. The number of nitrogens with one attached hydrogen (secondary N) is 2. The van der Waals surface area contributed by atoms with Crippen LogP contribution in [0.4, 0.5) is 0 Å². The molecule has 3 atom stereocenters. The molecule has 12 nitrogen and oxygen atoms in total. The van der Waals surface area contributed by atoms with Crippen molar-refractivity contribution in [2.45, 2.75) is 70.2 Å². The largest absolute Gasteiger partial charge is 0.618 e. The molecule has 2 aromatic heterocycles. The lowest BCUT2D eigenvalue weighted by molar-refractivity contribution is -0.646. The number of aliphatic hydroxyl groups is 1. The quantitative estimate of drug-likeness (QED) is 0.330. The van der Waals surface area contributed by atoms with E-state index in [2.05, 4.69) is 15.8 Å². The van der Waals surface area contributed by atoms with Gasteiger partial charge in [-0.05, 0) is 45.1 Å². The molecule has 0 aliphatic carbocycles. The second kappa shape index (κ2) is 11.4. The van der Waals surface area contributed by atoms with E-state index >= 15 is 0 Å². The molecule has 13 heteroatoms. The summed E-state index contributed by atoms with van der Waals surface area (Å²) in [6.45, 7) is 6.86. The molecule has 198 valence electrons. The van der Waals surface area contributed by atoms with Gasteiger partial charge >= 0.3 is 15.0 Å². The molecule has 0 radical (unpaired) electrons. The number of rotatable bonds is 8. The summed E-state index contributed by atoms with van der Waals surface area (Å²) < 4.78 is 32.4.